The van der Waals surface area contributed by atoms with E-state index in [2.05, 4.69) is 4.98 Å². The number of carbonyl (C=O) groups is 2. The summed E-state index contributed by atoms with van der Waals surface area (Å²) in [5, 5.41) is 0. The highest BCUT2D eigenvalue weighted by Crippen LogP contribution is 2.14. The highest BCUT2D eigenvalue weighted by molar-refractivity contribution is 5.94. The zero-order valence-corrected chi connectivity index (χ0v) is 13.0. The average molecular weight is 309 g/mol. The molecular weight excluding hydrogens is 289 g/mol. The summed E-state index contributed by atoms with van der Waals surface area (Å²) in [5.41, 5.74) is -0.601. The van der Waals surface area contributed by atoms with E-state index >= 15 is 0 Å². The Morgan fingerprint density at radius 2 is 1.77 bits per heavy atom. The van der Waals surface area contributed by atoms with Crippen molar-refractivity contribution in [3.05, 3.63) is 29.8 Å². The lowest BCUT2D eigenvalue weighted by Crippen LogP contribution is -2.51. The SMILES string of the molecule is CC(C)(C)OC(=O)N1CCN(C(=O)c2cccnc2F)CC1. The summed E-state index contributed by atoms with van der Waals surface area (Å²) < 4.78 is 18.8. The maximum absolute atomic E-state index is 13.5. The molecule has 6 nitrogen and oxygen atoms in total. The minimum absolute atomic E-state index is 0.0479. The number of pyridine rings is 1. The second-order valence-electron chi connectivity index (χ2n) is 6.10. The average Bonchev–Trinajstić information content (AvgIpc) is 2.45. The van der Waals surface area contributed by atoms with Gasteiger partial charge < -0.3 is 14.5 Å². The van der Waals surface area contributed by atoms with Gasteiger partial charge in [-0.3, -0.25) is 4.79 Å². The third-order valence-corrected chi connectivity index (χ3v) is 3.21. The number of halogens is 1. The van der Waals surface area contributed by atoms with Crippen LogP contribution in [0.4, 0.5) is 9.18 Å². The molecule has 0 saturated carbocycles. The molecule has 0 spiro atoms. The second kappa shape index (κ2) is 6.29. The molecule has 120 valence electrons. The normalized spacial score (nSPS) is 15.6. The lowest BCUT2D eigenvalue weighted by Gasteiger charge is -2.35. The Labute approximate surface area is 128 Å². The van der Waals surface area contributed by atoms with Gasteiger partial charge in [0, 0.05) is 32.4 Å². The number of ether oxygens (including phenoxy) is 1. The van der Waals surface area contributed by atoms with E-state index in [0.29, 0.717) is 26.2 Å². The van der Waals surface area contributed by atoms with Gasteiger partial charge in [-0.25, -0.2) is 9.78 Å². The molecule has 2 rings (SSSR count). The molecule has 0 bridgehead atoms. The lowest BCUT2D eigenvalue weighted by atomic mass is 10.2. The van der Waals surface area contributed by atoms with Crippen LogP contribution in [0.15, 0.2) is 18.3 Å². The van der Waals surface area contributed by atoms with Gasteiger partial charge in [0.2, 0.25) is 5.95 Å². The van der Waals surface area contributed by atoms with E-state index in [1.807, 2.05) is 0 Å². The Morgan fingerprint density at radius 1 is 1.18 bits per heavy atom. The van der Waals surface area contributed by atoms with E-state index in [1.165, 1.54) is 23.2 Å². The molecular formula is C15H20FN3O3. The van der Waals surface area contributed by atoms with Gasteiger partial charge in [-0.15, -0.1) is 0 Å². The van der Waals surface area contributed by atoms with Crippen LogP contribution in [0.25, 0.3) is 0 Å². The molecule has 1 aliphatic heterocycles. The molecule has 22 heavy (non-hydrogen) atoms. The minimum Gasteiger partial charge on any atom is -0.444 e. The van der Waals surface area contributed by atoms with E-state index in [4.69, 9.17) is 4.74 Å². The van der Waals surface area contributed by atoms with Crippen LogP contribution >= 0.6 is 0 Å². The summed E-state index contributed by atoms with van der Waals surface area (Å²) in [7, 11) is 0. The number of nitrogens with zero attached hydrogens (tertiary/aromatic N) is 3. The quantitative estimate of drug-likeness (QED) is 0.744. The Morgan fingerprint density at radius 3 is 2.32 bits per heavy atom. The first-order valence-electron chi connectivity index (χ1n) is 7.15. The Kier molecular flexibility index (Phi) is 4.63. The van der Waals surface area contributed by atoms with Crippen LogP contribution in [0.1, 0.15) is 31.1 Å². The molecule has 1 fully saturated rings. The molecule has 2 amide bonds. The monoisotopic (exact) mass is 309 g/mol. The largest absolute Gasteiger partial charge is 0.444 e. The van der Waals surface area contributed by atoms with Crippen molar-refractivity contribution in [1.29, 1.82) is 0 Å². The zero-order chi connectivity index (χ0) is 16.3. The number of hydrogen-bond donors (Lipinski definition) is 0. The van der Waals surface area contributed by atoms with Crippen LogP contribution < -0.4 is 0 Å². The number of amides is 2. The van der Waals surface area contributed by atoms with Crippen LogP contribution in [0.5, 0.6) is 0 Å². The third kappa shape index (κ3) is 3.93. The highest BCUT2D eigenvalue weighted by Gasteiger charge is 2.28. The lowest BCUT2D eigenvalue weighted by molar-refractivity contribution is 0.0140. The van der Waals surface area contributed by atoms with Crippen molar-refractivity contribution < 1.29 is 18.7 Å². The summed E-state index contributed by atoms with van der Waals surface area (Å²) in [4.78, 5) is 30.7. The Bertz CT molecular complexity index is 563. The number of rotatable bonds is 1. The van der Waals surface area contributed by atoms with E-state index < -0.39 is 23.5 Å². The number of hydrogen-bond acceptors (Lipinski definition) is 4. The molecule has 1 saturated heterocycles. The Balaban J connectivity index is 1.94. The van der Waals surface area contributed by atoms with Crippen molar-refractivity contribution in [2.45, 2.75) is 26.4 Å². The summed E-state index contributed by atoms with van der Waals surface area (Å²) in [5.74, 6) is -1.18. The van der Waals surface area contributed by atoms with E-state index in [0.717, 1.165) is 0 Å². The fourth-order valence-corrected chi connectivity index (χ4v) is 2.13. The number of carbonyl (C=O) groups excluding carboxylic acids is 2. The van der Waals surface area contributed by atoms with Crippen molar-refractivity contribution in [2.75, 3.05) is 26.2 Å². The van der Waals surface area contributed by atoms with Gasteiger partial charge in [0.15, 0.2) is 0 Å². The highest BCUT2D eigenvalue weighted by atomic mass is 19.1. The minimum atomic E-state index is -0.776. The van der Waals surface area contributed by atoms with Gasteiger partial charge in [0.25, 0.3) is 5.91 Å². The zero-order valence-electron chi connectivity index (χ0n) is 13.0. The molecule has 1 aromatic rings. The summed E-state index contributed by atoms with van der Waals surface area (Å²) in [6, 6.07) is 2.93. The molecule has 0 N–H and O–H groups in total. The summed E-state index contributed by atoms with van der Waals surface area (Å²) >= 11 is 0. The van der Waals surface area contributed by atoms with Crippen molar-refractivity contribution in [3.8, 4) is 0 Å². The van der Waals surface area contributed by atoms with E-state index in [-0.39, 0.29) is 5.56 Å². The molecule has 2 heterocycles. The summed E-state index contributed by atoms with van der Waals surface area (Å²) in [6.07, 6.45) is 0.902. The molecule has 0 unspecified atom stereocenters. The van der Waals surface area contributed by atoms with Gasteiger partial charge in [-0.05, 0) is 32.9 Å². The summed E-state index contributed by atoms with van der Waals surface area (Å²) in [6.45, 7) is 6.81. The molecule has 0 aromatic carbocycles. The van der Waals surface area contributed by atoms with Gasteiger partial charge in [0.1, 0.15) is 5.60 Å². The topological polar surface area (TPSA) is 62.7 Å². The molecule has 0 radical (unpaired) electrons. The number of piperazine rings is 1. The Hall–Kier alpha value is -2.18. The van der Waals surface area contributed by atoms with Gasteiger partial charge in [0.05, 0.1) is 5.56 Å². The first kappa shape index (κ1) is 16.2. The molecule has 0 aliphatic carbocycles. The molecule has 0 atom stereocenters. The molecule has 7 heteroatoms. The molecule has 1 aliphatic rings. The second-order valence-corrected chi connectivity index (χ2v) is 6.10. The van der Waals surface area contributed by atoms with Crippen LogP contribution in [0.3, 0.4) is 0 Å². The first-order valence-corrected chi connectivity index (χ1v) is 7.15. The van der Waals surface area contributed by atoms with Crippen molar-refractivity contribution in [2.24, 2.45) is 0 Å². The van der Waals surface area contributed by atoms with Gasteiger partial charge in [-0.2, -0.15) is 4.39 Å². The van der Waals surface area contributed by atoms with Crippen LogP contribution in [-0.2, 0) is 4.74 Å². The van der Waals surface area contributed by atoms with E-state index in [9.17, 15) is 14.0 Å². The smallest absolute Gasteiger partial charge is 0.410 e. The fraction of sp³-hybridized carbons (Fsp3) is 0.533. The predicted octanol–water partition coefficient (Wildman–Crippen LogP) is 1.91. The number of aromatic nitrogens is 1. The van der Waals surface area contributed by atoms with Crippen molar-refractivity contribution >= 4 is 12.0 Å². The fourth-order valence-electron chi connectivity index (χ4n) is 2.13. The first-order chi connectivity index (χ1) is 10.3. The predicted molar refractivity (Wildman–Crippen MR) is 77.9 cm³/mol. The van der Waals surface area contributed by atoms with Crippen LogP contribution in [0.2, 0.25) is 0 Å². The van der Waals surface area contributed by atoms with Crippen LogP contribution in [-0.4, -0.2) is 58.6 Å². The molecule has 1 aromatic heterocycles. The van der Waals surface area contributed by atoms with Gasteiger partial charge in [-0.1, -0.05) is 0 Å². The standard InChI is InChI=1S/C15H20FN3O3/c1-15(2,3)22-14(21)19-9-7-18(8-10-19)13(20)11-5-4-6-17-12(11)16/h4-6H,7-10H2,1-3H3. The maximum atomic E-state index is 13.5. The van der Waals surface area contributed by atoms with Crippen LogP contribution in [0, 0.1) is 5.95 Å². The third-order valence-electron chi connectivity index (χ3n) is 3.21. The van der Waals surface area contributed by atoms with Crippen molar-refractivity contribution in [1.82, 2.24) is 14.8 Å². The van der Waals surface area contributed by atoms with E-state index in [1.54, 1.807) is 25.7 Å². The van der Waals surface area contributed by atoms with Gasteiger partial charge >= 0.3 is 6.09 Å². The van der Waals surface area contributed by atoms with Crippen molar-refractivity contribution in [3.63, 3.8) is 0 Å². The maximum Gasteiger partial charge on any atom is 0.410 e.